The summed E-state index contributed by atoms with van der Waals surface area (Å²) in [4.78, 5) is 39.3. The van der Waals surface area contributed by atoms with Gasteiger partial charge in [-0.15, -0.1) is 0 Å². The van der Waals surface area contributed by atoms with Gasteiger partial charge < -0.3 is 24.4 Å². The highest BCUT2D eigenvalue weighted by Gasteiger charge is 2.63. The minimum Gasteiger partial charge on any atom is -0.458 e. The Morgan fingerprint density at radius 2 is 1.82 bits per heavy atom. The van der Waals surface area contributed by atoms with Crippen molar-refractivity contribution in [2.75, 3.05) is 6.61 Å². The van der Waals surface area contributed by atoms with Gasteiger partial charge in [-0.1, -0.05) is 44.2 Å². The van der Waals surface area contributed by atoms with Crippen molar-refractivity contribution in [2.24, 2.45) is 23.2 Å². The number of Topliss-reactive ketones (excluding diaryl/α,β-unsaturated/α-hetero) is 1. The van der Waals surface area contributed by atoms with Crippen LogP contribution in [0.25, 0.3) is 0 Å². The average molecular weight is 527 g/mol. The van der Waals surface area contributed by atoms with Gasteiger partial charge in [0.05, 0.1) is 30.3 Å². The lowest BCUT2D eigenvalue weighted by atomic mass is 9.51. The lowest BCUT2D eigenvalue weighted by Crippen LogP contribution is -2.65. The number of carbonyl (C=O) groups is 3. The molecule has 5 rings (SSSR count). The van der Waals surface area contributed by atoms with E-state index < -0.39 is 47.2 Å². The van der Waals surface area contributed by atoms with Gasteiger partial charge >= 0.3 is 11.9 Å². The molecule has 0 aromatic heterocycles. The summed E-state index contributed by atoms with van der Waals surface area (Å²) in [6, 6.07) is 9.65. The van der Waals surface area contributed by atoms with Gasteiger partial charge in [-0.3, -0.25) is 14.4 Å². The van der Waals surface area contributed by atoms with Crippen molar-refractivity contribution in [1.82, 2.24) is 0 Å². The molecule has 2 N–H and O–H groups in total. The first-order valence-corrected chi connectivity index (χ1v) is 13.6. The Balaban J connectivity index is 1.51. The van der Waals surface area contributed by atoms with Crippen molar-refractivity contribution in [3.63, 3.8) is 0 Å². The summed E-state index contributed by atoms with van der Waals surface area (Å²) < 4.78 is 17.3. The van der Waals surface area contributed by atoms with Crippen molar-refractivity contribution < 1.29 is 38.8 Å². The van der Waals surface area contributed by atoms with Crippen molar-refractivity contribution in [3.8, 4) is 0 Å². The van der Waals surface area contributed by atoms with E-state index in [9.17, 15) is 24.6 Å². The molecule has 38 heavy (non-hydrogen) atoms. The van der Waals surface area contributed by atoms with Crippen LogP contribution in [0, 0.1) is 23.2 Å². The van der Waals surface area contributed by atoms with Crippen LogP contribution < -0.4 is 0 Å². The highest BCUT2D eigenvalue weighted by atomic mass is 16.6. The average Bonchev–Trinajstić information content (AvgIpc) is 2.82. The summed E-state index contributed by atoms with van der Waals surface area (Å²) in [5, 5.41) is 23.4. The molecule has 1 aromatic rings. The van der Waals surface area contributed by atoms with E-state index in [0.717, 1.165) is 5.56 Å². The molecule has 3 fully saturated rings. The minimum atomic E-state index is -1.37. The fourth-order valence-electron chi connectivity index (χ4n) is 7.33. The van der Waals surface area contributed by atoms with E-state index in [1.165, 1.54) is 6.92 Å². The van der Waals surface area contributed by atoms with Crippen LogP contribution in [0.2, 0.25) is 0 Å². The molecular weight excluding hydrogens is 488 g/mol. The van der Waals surface area contributed by atoms with Crippen LogP contribution in [0.1, 0.15) is 58.9 Å². The number of benzene rings is 1. The molecular formula is C30H38O8. The van der Waals surface area contributed by atoms with Crippen LogP contribution in [0.4, 0.5) is 0 Å². The van der Waals surface area contributed by atoms with Crippen molar-refractivity contribution >= 4 is 17.7 Å². The highest BCUT2D eigenvalue weighted by Crippen LogP contribution is 2.58. The SMILES string of the molecule is CC(=O)O[C@H]1C(=O)C2[C@@H](O)C[C@H]3OC[C@H]3[C@H]2C[C@]2(O)C[C@H](OC(=O)CCc3ccccc3)C(C)=C1C2(C)C. The number of aryl methyl sites for hydroxylation is 1. The predicted molar refractivity (Wildman–Crippen MR) is 137 cm³/mol. The number of hydrogen-bond donors (Lipinski definition) is 2. The van der Waals surface area contributed by atoms with Crippen LogP contribution in [-0.4, -0.2) is 64.6 Å². The monoisotopic (exact) mass is 526 g/mol. The second kappa shape index (κ2) is 9.88. The third-order valence-corrected chi connectivity index (χ3v) is 9.59. The molecule has 8 atom stereocenters. The third kappa shape index (κ3) is 4.50. The number of aliphatic hydroxyl groups is 2. The highest BCUT2D eigenvalue weighted by molar-refractivity contribution is 5.92. The van der Waals surface area contributed by atoms with Crippen LogP contribution >= 0.6 is 0 Å². The third-order valence-electron chi connectivity index (χ3n) is 9.59. The zero-order chi connectivity index (χ0) is 27.4. The fourth-order valence-corrected chi connectivity index (χ4v) is 7.33. The molecule has 3 aliphatic carbocycles. The molecule has 1 heterocycles. The molecule has 4 aliphatic rings. The minimum absolute atomic E-state index is 0.0191. The standard InChI is InChI=1S/C30H38O8/c1-16-23(38-24(33)11-10-18-8-6-5-7-9-18)14-30(35)13-19-20-15-36-22(20)12-21(32)25(19)27(34)28(37-17(2)31)26(16)29(30,3)4/h5-9,19-23,25,28,32,35H,10-15H2,1-4H3/t19-,20+,21+,22-,23+,25?,28-,30+/m1/s1. The number of ketones is 1. The van der Waals surface area contributed by atoms with Crippen LogP contribution in [0.3, 0.4) is 0 Å². The maximum absolute atomic E-state index is 14.1. The van der Waals surface area contributed by atoms with Crippen LogP contribution in [-0.2, 0) is 35.0 Å². The van der Waals surface area contributed by atoms with Crippen molar-refractivity contribution in [1.29, 1.82) is 0 Å². The van der Waals surface area contributed by atoms with E-state index in [1.807, 2.05) is 44.2 Å². The first-order chi connectivity index (χ1) is 17.9. The molecule has 0 amide bonds. The molecule has 1 aliphatic heterocycles. The zero-order valence-corrected chi connectivity index (χ0v) is 22.5. The Labute approximate surface area is 223 Å². The number of rotatable bonds is 5. The predicted octanol–water partition coefficient (Wildman–Crippen LogP) is 2.93. The molecule has 8 heteroatoms. The summed E-state index contributed by atoms with van der Waals surface area (Å²) in [7, 11) is 0. The van der Waals surface area contributed by atoms with E-state index in [-0.39, 0.29) is 43.0 Å². The molecule has 1 saturated heterocycles. The Bertz CT molecular complexity index is 1140. The molecule has 0 spiro atoms. The Kier molecular flexibility index (Phi) is 7.03. The maximum Gasteiger partial charge on any atom is 0.306 e. The Morgan fingerprint density at radius 3 is 2.45 bits per heavy atom. The van der Waals surface area contributed by atoms with Gasteiger partial charge in [-0.25, -0.2) is 0 Å². The summed E-state index contributed by atoms with van der Waals surface area (Å²) in [6.07, 6.45) is -1.71. The first-order valence-electron chi connectivity index (χ1n) is 13.6. The number of esters is 2. The summed E-state index contributed by atoms with van der Waals surface area (Å²) in [5.41, 5.74) is -0.225. The number of ether oxygens (including phenoxy) is 3. The lowest BCUT2D eigenvalue weighted by Gasteiger charge is -2.59. The topological polar surface area (TPSA) is 119 Å². The number of hydrogen-bond acceptors (Lipinski definition) is 8. The van der Waals surface area contributed by atoms with Gasteiger partial charge in [-0.2, -0.15) is 0 Å². The summed E-state index contributed by atoms with van der Waals surface area (Å²) in [5.74, 6) is -2.49. The molecule has 1 unspecified atom stereocenters. The second-order valence-electron chi connectivity index (χ2n) is 12.0. The largest absolute Gasteiger partial charge is 0.458 e. The van der Waals surface area contributed by atoms with Gasteiger partial charge in [0.2, 0.25) is 0 Å². The second-order valence-corrected chi connectivity index (χ2v) is 12.0. The smallest absolute Gasteiger partial charge is 0.306 e. The molecule has 1 aromatic carbocycles. The van der Waals surface area contributed by atoms with E-state index in [2.05, 4.69) is 0 Å². The number of aliphatic hydroxyl groups excluding tert-OH is 1. The van der Waals surface area contributed by atoms with Gasteiger partial charge in [0.15, 0.2) is 11.9 Å². The van der Waals surface area contributed by atoms with E-state index in [4.69, 9.17) is 14.2 Å². The molecule has 2 bridgehead atoms. The van der Waals surface area contributed by atoms with Gasteiger partial charge in [-0.05, 0) is 42.4 Å². The molecule has 0 radical (unpaired) electrons. The van der Waals surface area contributed by atoms with Gasteiger partial charge in [0.1, 0.15) is 6.10 Å². The van der Waals surface area contributed by atoms with Crippen molar-refractivity contribution in [2.45, 2.75) is 89.8 Å². The van der Waals surface area contributed by atoms with Crippen LogP contribution in [0.15, 0.2) is 41.5 Å². The number of carbonyl (C=O) groups excluding carboxylic acids is 3. The van der Waals surface area contributed by atoms with Crippen molar-refractivity contribution in [3.05, 3.63) is 47.0 Å². The lowest BCUT2D eigenvalue weighted by molar-refractivity contribution is -0.223. The Hall–Kier alpha value is -2.55. The van der Waals surface area contributed by atoms with Gasteiger partial charge in [0.25, 0.3) is 0 Å². The molecule has 206 valence electrons. The molecule has 8 nitrogen and oxygen atoms in total. The fraction of sp³-hybridized carbons (Fsp3) is 0.633. The van der Waals surface area contributed by atoms with E-state index in [1.54, 1.807) is 6.92 Å². The van der Waals surface area contributed by atoms with E-state index >= 15 is 0 Å². The quantitative estimate of drug-likeness (QED) is 0.444. The first kappa shape index (κ1) is 27.0. The normalized spacial score (nSPS) is 37.6. The maximum atomic E-state index is 14.1. The Morgan fingerprint density at radius 1 is 1.11 bits per heavy atom. The van der Waals surface area contributed by atoms with Crippen LogP contribution in [0.5, 0.6) is 0 Å². The summed E-state index contributed by atoms with van der Waals surface area (Å²) >= 11 is 0. The summed E-state index contributed by atoms with van der Waals surface area (Å²) in [6.45, 7) is 7.20. The van der Waals surface area contributed by atoms with Gasteiger partial charge in [0, 0.05) is 37.5 Å². The zero-order valence-electron chi connectivity index (χ0n) is 22.5. The molecule has 2 saturated carbocycles. The van der Waals surface area contributed by atoms with E-state index in [0.29, 0.717) is 30.6 Å². The number of fused-ring (bicyclic) bond motifs is 5.